The van der Waals surface area contributed by atoms with Crippen LogP contribution in [0.5, 0.6) is 0 Å². The monoisotopic (exact) mass is 100 g/mol. The number of rotatable bonds is 1. The van der Waals surface area contributed by atoms with Crippen LogP contribution >= 0.6 is 0 Å². The third kappa shape index (κ3) is 0.838. The van der Waals surface area contributed by atoms with Crippen LogP contribution in [0.1, 0.15) is 6.92 Å². The number of hydrazine groups is 1. The minimum Gasteiger partial charge on any atom is -0.393 e. The molecule has 1 N–H and O–H groups in total. The summed E-state index contributed by atoms with van der Waals surface area (Å²) in [4.78, 5) is 4.84. The van der Waals surface area contributed by atoms with Crippen molar-refractivity contribution in [2.24, 2.45) is 0 Å². The van der Waals surface area contributed by atoms with E-state index in [1.54, 1.807) is 17.6 Å². The molecule has 0 atom stereocenters. The van der Waals surface area contributed by atoms with E-state index in [1.165, 1.54) is 0 Å². The van der Waals surface area contributed by atoms with Gasteiger partial charge in [-0.05, 0) is 6.92 Å². The first-order valence-electron chi connectivity index (χ1n) is 2.29. The molecule has 3 heteroatoms. The minimum atomic E-state index is 0.854. The Bertz CT molecular complexity index is 73.8. The van der Waals surface area contributed by atoms with Crippen LogP contribution in [0.2, 0.25) is 0 Å². The zero-order valence-electron chi connectivity index (χ0n) is 4.22. The van der Waals surface area contributed by atoms with E-state index in [-0.39, 0.29) is 0 Å². The Morgan fingerprint density at radius 3 is 3.00 bits per heavy atom. The fourth-order valence-electron chi connectivity index (χ4n) is 0.414. The molecule has 0 spiro atoms. The van der Waals surface area contributed by atoms with Gasteiger partial charge in [-0.1, -0.05) is 5.17 Å². The Morgan fingerprint density at radius 1 is 1.86 bits per heavy atom. The standard InChI is InChI=1S/C4H8N2O/c1-2-6-5-3-4-7-6/h3-5H,2H2,1H3. The fraction of sp³-hybridized carbons (Fsp3) is 0.500. The molecule has 0 saturated heterocycles. The molecule has 0 bridgehead atoms. The Kier molecular flexibility index (Phi) is 1.17. The van der Waals surface area contributed by atoms with E-state index in [1.807, 2.05) is 6.92 Å². The molecule has 1 heterocycles. The number of hydroxylamine groups is 1. The molecule has 0 aromatic carbocycles. The fourth-order valence-corrected chi connectivity index (χ4v) is 0.414. The van der Waals surface area contributed by atoms with Gasteiger partial charge in [-0.2, -0.15) is 0 Å². The molecule has 0 aromatic rings. The van der Waals surface area contributed by atoms with E-state index in [9.17, 15) is 0 Å². The van der Waals surface area contributed by atoms with E-state index in [0.717, 1.165) is 6.54 Å². The lowest BCUT2D eigenvalue weighted by molar-refractivity contribution is -0.108. The molecule has 7 heavy (non-hydrogen) atoms. The van der Waals surface area contributed by atoms with E-state index >= 15 is 0 Å². The van der Waals surface area contributed by atoms with Gasteiger partial charge < -0.3 is 4.84 Å². The molecule has 0 aromatic heterocycles. The van der Waals surface area contributed by atoms with Gasteiger partial charge in [0.05, 0.1) is 12.7 Å². The second kappa shape index (κ2) is 1.84. The Labute approximate surface area is 42.5 Å². The highest BCUT2D eigenvalue weighted by Crippen LogP contribution is 1.91. The molecule has 40 valence electrons. The van der Waals surface area contributed by atoms with Crippen molar-refractivity contribution < 1.29 is 4.84 Å². The van der Waals surface area contributed by atoms with E-state index in [4.69, 9.17) is 4.84 Å². The minimum absolute atomic E-state index is 0.854. The van der Waals surface area contributed by atoms with E-state index < -0.39 is 0 Å². The molecular formula is C4H8N2O. The Morgan fingerprint density at radius 2 is 2.71 bits per heavy atom. The van der Waals surface area contributed by atoms with Crippen LogP contribution in [0, 0.1) is 0 Å². The lowest BCUT2D eigenvalue weighted by Crippen LogP contribution is -2.27. The molecule has 0 fully saturated rings. The van der Waals surface area contributed by atoms with Crippen LogP contribution in [0.15, 0.2) is 12.5 Å². The smallest absolute Gasteiger partial charge is 0.131 e. The summed E-state index contributed by atoms with van der Waals surface area (Å²) in [6.07, 6.45) is 3.34. The quantitative estimate of drug-likeness (QED) is 0.510. The SMILES string of the molecule is CCN1NC=CO1. The summed E-state index contributed by atoms with van der Waals surface area (Å²) < 4.78 is 0. The summed E-state index contributed by atoms with van der Waals surface area (Å²) in [5.41, 5.74) is 2.84. The van der Waals surface area contributed by atoms with E-state index in [0.29, 0.717) is 0 Å². The molecule has 0 amide bonds. The maximum Gasteiger partial charge on any atom is 0.131 e. The highest BCUT2D eigenvalue weighted by molar-refractivity contribution is 4.71. The Hall–Kier alpha value is -0.700. The molecule has 0 aliphatic carbocycles. The maximum atomic E-state index is 4.84. The largest absolute Gasteiger partial charge is 0.393 e. The van der Waals surface area contributed by atoms with Crippen molar-refractivity contribution in [2.75, 3.05) is 6.54 Å². The second-order valence-electron chi connectivity index (χ2n) is 1.23. The maximum absolute atomic E-state index is 4.84. The first-order valence-corrected chi connectivity index (χ1v) is 2.29. The van der Waals surface area contributed by atoms with Crippen molar-refractivity contribution in [1.82, 2.24) is 10.6 Å². The average molecular weight is 100 g/mol. The third-order valence-corrected chi connectivity index (χ3v) is 0.762. The number of hydrogen-bond acceptors (Lipinski definition) is 3. The predicted molar refractivity (Wildman–Crippen MR) is 25.7 cm³/mol. The first-order chi connectivity index (χ1) is 3.43. The zero-order chi connectivity index (χ0) is 5.11. The number of nitrogens with one attached hydrogen (secondary N) is 1. The molecule has 1 aliphatic heterocycles. The summed E-state index contributed by atoms with van der Waals surface area (Å²) in [6, 6.07) is 0. The molecule has 3 nitrogen and oxygen atoms in total. The van der Waals surface area contributed by atoms with Crippen molar-refractivity contribution in [3.8, 4) is 0 Å². The van der Waals surface area contributed by atoms with Crippen LogP contribution in [0.25, 0.3) is 0 Å². The topological polar surface area (TPSA) is 24.5 Å². The summed E-state index contributed by atoms with van der Waals surface area (Å²) >= 11 is 0. The molecule has 1 rings (SSSR count). The predicted octanol–water partition coefficient (Wildman–Crippen LogP) is 0.229. The van der Waals surface area contributed by atoms with Gasteiger partial charge in [0.15, 0.2) is 0 Å². The summed E-state index contributed by atoms with van der Waals surface area (Å²) in [5, 5.41) is 1.62. The van der Waals surface area contributed by atoms with Gasteiger partial charge in [0.1, 0.15) is 6.26 Å². The molecule has 1 aliphatic rings. The van der Waals surface area contributed by atoms with Crippen LogP contribution < -0.4 is 5.43 Å². The van der Waals surface area contributed by atoms with Crippen molar-refractivity contribution in [2.45, 2.75) is 6.92 Å². The van der Waals surface area contributed by atoms with E-state index in [2.05, 4.69) is 5.43 Å². The molecule has 0 saturated carbocycles. The van der Waals surface area contributed by atoms with Gasteiger partial charge in [-0.15, -0.1) is 0 Å². The zero-order valence-corrected chi connectivity index (χ0v) is 4.22. The lowest BCUT2D eigenvalue weighted by atomic mass is 10.8. The van der Waals surface area contributed by atoms with Crippen molar-refractivity contribution in [1.29, 1.82) is 0 Å². The highest BCUT2D eigenvalue weighted by Gasteiger charge is 1.99. The molecular weight excluding hydrogens is 92.1 g/mol. The molecule has 0 unspecified atom stereocenters. The van der Waals surface area contributed by atoms with Crippen molar-refractivity contribution in [3.05, 3.63) is 12.5 Å². The summed E-state index contributed by atoms with van der Waals surface area (Å²) in [5.74, 6) is 0. The second-order valence-corrected chi connectivity index (χ2v) is 1.23. The van der Waals surface area contributed by atoms with Gasteiger partial charge in [0.2, 0.25) is 0 Å². The average Bonchev–Trinajstić information content (AvgIpc) is 2.14. The van der Waals surface area contributed by atoms with Gasteiger partial charge in [-0.25, -0.2) is 0 Å². The van der Waals surface area contributed by atoms with Crippen molar-refractivity contribution >= 4 is 0 Å². The highest BCUT2D eigenvalue weighted by atomic mass is 16.7. The van der Waals surface area contributed by atoms with Crippen LogP contribution in [-0.2, 0) is 4.84 Å². The summed E-state index contributed by atoms with van der Waals surface area (Å²) in [6.45, 7) is 2.85. The van der Waals surface area contributed by atoms with Crippen LogP contribution in [0.4, 0.5) is 0 Å². The van der Waals surface area contributed by atoms with Crippen LogP contribution in [-0.4, -0.2) is 11.7 Å². The van der Waals surface area contributed by atoms with Gasteiger partial charge in [0, 0.05) is 0 Å². The van der Waals surface area contributed by atoms with Gasteiger partial charge in [-0.3, -0.25) is 5.43 Å². The number of nitrogens with zero attached hydrogens (tertiary/aromatic N) is 1. The molecule has 0 radical (unpaired) electrons. The Balaban J connectivity index is 2.22. The van der Waals surface area contributed by atoms with Gasteiger partial charge >= 0.3 is 0 Å². The normalized spacial score (nSPS) is 19.0. The van der Waals surface area contributed by atoms with Crippen LogP contribution in [0.3, 0.4) is 0 Å². The summed E-state index contributed by atoms with van der Waals surface area (Å²) in [7, 11) is 0. The van der Waals surface area contributed by atoms with Crippen molar-refractivity contribution in [3.63, 3.8) is 0 Å². The number of hydrogen-bond donors (Lipinski definition) is 1. The van der Waals surface area contributed by atoms with Gasteiger partial charge in [0.25, 0.3) is 0 Å². The third-order valence-electron chi connectivity index (χ3n) is 0.762. The lowest BCUT2D eigenvalue weighted by Gasteiger charge is -2.09. The first kappa shape index (κ1) is 4.46.